The monoisotopic (exact) mass is 425 g/mol. The molecule has 3 rings (SSSR count). The van der Waals surface area contributed by atoms with Gasteiger partial charge in [0, 0.05) is 43.1 Å². The zero-order valence-corrected chi connectivity index (χ0v) is 17.5. The van der Waals surface area contributed by atoms with Crippen LogP contribution in [0.25, 0.3) is 11.0 Å². The van der Waals surface area contributed by atoms with E-state index in [2.05, 4.69) is 4.74 Å². The largest absolute Gasteiger partial charge is 0.493 e. The molecule has 31 heavy (non-hydrogen) atoms. The Balaban J connectivity index is 1.86. The molecular formula is C23H23NO7. The van der Waals surface area contributed by atoms with Gasteiger partial charge in [-0.25, -0.2) is 4.79 Å². The highest BCUT2D eigenvalue weighted by molar-refractivity contribution is 5.92. The van der Waals surface area contributed by atoms with Crippen molar-refractivity contribution in [3.8, 4) is 11.5 Å². The van der Waals surface area contributed by atoms with Crippen molar-refractivity contribution in [2.75, 3.05) is 26.2 Å². The lowest BCUT2D eigenvalue weighted by molar-refractivity contribution is -0.141. The second kappa shape index (κ2) is 9.80. The van der Waals surface area contributed by atoms with Gasteiger partial charge in [0.1, 0.15) is 5.58 Å². The van der Waals surface area contributed by atoms with E-state index in [0.29, 0.717) is 29.1 Å². The van der Waals surface area contributed by atoms with E-state index in [9.17, 15) is 14.4 Å². The van der Waals surface area contributed by atoms with Crippen molar-refractivity contribution in [1.29, 1.82) is 0 Å². The van der Waals surface area contributed by atoms with Crippen molar-refractivity contribution in [2.45, 2.75) is 19.3 Å². The maximum atomic E-state index is 12.2. The van der Waals surface area contributed by atoms with Crippen molar-refractivity contribution >= 4 is 34.3 Å². The minimum absolute atomic E-state index is 0.0582. The smallest absolute Gasteiger partial charge is 0.338 e. The highest BCUT2D eigenvalue weighted by atomic mass is 16.6. The fourth-order valence-corrected chi connectivity index (χ4v) is 3.12. The molecule has 8 heteroatoms. The Morgan fingerprint density at radius 3 is 2.45 bits per heavy atom. The number of fused-ring (bicyclic) bond motifs is 1. The maximum absolute atomic E-state index is 12.2. The molecule has 0 saturated heterocycles. The van der Waals surface area contributed by atoms with E-state index in [-0.39, 0.29) is 24.6 Å². The summed E-state index contributed by atoms with van der Waals surface area (Å²) in [6, 6.07) is 13.8. The second-order valence-corrected chi connectivity index (χ2v) is 6.74. The van der Waals surface area contributed by atoms with E-state index < -0.39 is 11.6 Å². The Labute approximate surface area is 178 Å². The minimum Gasteiger partial charge on any atom is -0.493 e. The number of rotatable bonds is 8. The lowest BCUT2D eigenvalue weighted by atomic mass is 10.1. The summed E-state index contributed by atoms with van der Waals surface area (Å²) in [4.78, 5) is 37.2. The summed E-state index contributed by atoms with van der Waals surface area (Å²) in [5, 5.41) is 0.766. The summed E-state index contributed by atoms with van der Waals surface area (Å²) >= 11 is 0. The molecule has 8 nitrogen and oxygen atoms in total. The van der Waals surface area contributed by atoms with Gasteiger partial charge in [-0.1, -0.05) is 12.1 Å². The summed E-state index contributed by atoms with van der Waals surface area (Å²) in [6.45, 7) is 0. The molecule has 3 aromatic rings. The van der Waals surface area contributed by atoms with Gasteiger partial charge in [-0.3, -0.25) is 9.59 Å². The van der Waals surface area contributed by atoms with Crippen LogP contribution in [0, 0.1) is 0 Å². The molecule has 2 aromatic carbocycles. The van der Waals surface area contributed by atoms with Crippen LogP contribution in [-0.2, 0) is 14.3 Å². The third-order valence-corrected chi connectivity index (χ3v) is 4.74. The number of benzene rings is 2. The molecule has 0 atom stereocenters. The fraction of sp³-hybridized carbons (Fsp3) is 0.261. The van der Waals surface area contributed by atoms with Crippen LogP contribution in [0.1, 0.15) is 19.3 Å². The molecule has 0 spiro atoms. The Morgan fingerprint density at radius 1 is 0.968 bits per heavy atom. The fourth-order valence-electron chi connectivity index (χ4n) is 3.12. The molecule has 0 radical (unpaired) electrons. The lowest BCUT2D eigenvalue weighted by Gasteiger charge is -2.22. The van der Waals surface area contributed by atoms with Gasteiger partial charge in [0.05, 0.1) is 19.9 Å². The van der Waals surface area contributed by atoms with E-state index in [4.69, 9.17) is 13.9 Å². The first-order chi connectivity index (χ1) is 14.9. The van der Waals surface area contributed by atoms with Gasteiger partial charge in [0.2, 0.25) is 0 Å². The van der Waals surface area contributed by atoms with Crippen LogP contribution in [0.15, 0.2) is 57.7 Å². The predicted octanol–water partition coefficient (Wildman–Crippen LogP) is 3.82. The molecule has 1 aromatic heterocycles. The van der Waals surface area contributed by atoms with Crippen LogP contribution in [0.3, 0.4) is 0 Å². The van der Waals surface area contributed by atoms with Crippen molar-refractivity contribution in [1.82, 2.24) is 0 Å². The van der Waals surface area contributed by atoms with Gasteiger partial charge < -0.3 is 23.5 Å². The van der Waals surface area contributed by atoms with Crippen molar-refractivity contribution < 1.29 is 28.2 Å². The second-order valence-electron chi connectivity index (χ2n) is 6.74. The Kier molecular flexibility index (Phi) is 6.92. The van der Waals surface area contributed by atoms with Crippen LogP contribution in [-0.4, -0.2) is 33.2 Å². The number of carbonyl (C=O) groups is 2. The quantitative estimate of drug-likeness (QED) is 0.305. The summed E-state index contributed by atoms with van der Waals surface area (Å²) < 4.78 is 20.6. The van der Waals surface area contributed by atoms with Gasteiger partial charge in [-0.05, 0) is 30.7 Å². The molecule has 0 saturated carbocycles. The Bertz CT molecular complexity index is 1150. The molecule has 0 aliphatic heterocycles. The van der Waals surface area contributed by atoms with Gasteiger partial charge in [0.25, 0.3) is 0 Å². The lowest BCUT2D eigenvalue weighted by Crippen LogP contribution is -2.14. The minimum atomic E-state index is -0.493. The Morgan fingerprint density at radius 2 is 1.71 bits per heavy atom. The van der Waals surface area contributed by atoms with E-state index >= 15 is 0 Å². The number of methoxy groups -OCH3 is 2. The Hall–Kier alpha value is -3.81. The van der Waals surface area contributed by atoms with Crippen molar-refractivity contribution in [2.24, 2.45) is 0 Å². The number of nitrogens with zero attached hydrogens (tertiary/aromatic N) is 1. The van der Waals surface area contributed by atoms with Crippen LogP contribution < -0.4 is 20.0 Å². The molecule has 0 amide bonds. The van der Waals surface area contributed by atoms with Crippen LogP contribution >= 0.6 is 0 Å². The maximum Gasteiger partial charge on any atom is 0.338 e. The SMILES string of the molecule is COC(=O)CCCC(=O)Oc1cc(N(C)c2cc(=O)oc3ccccc23)ccc1OC. The standard InChI is InChI=1S/C23H23NO7/c1-24(17-14-23(27)30-18-8-5-4-7-16(17)18)15-11-12-19(28-2)20(13-15)31-22(26)10-6-9-21(25)29-3/h4-5,7-8,11-14H,6,9-10H2,1-3H3. The summed E-state index contributed by atoms with van der Waals surface area (Å²) in [6.07, 6.45) is 0.511. The average molecular weight is 425 g/mol. The van der Waals surface area contributed by atoms with Crippen molar-refractivity contribution in [3.05, 3.63) is 59.0 Å². The normalized spacial score (nSPS) is 10.5. The van der Waals surface area contributed by atoms with Gasteiger partial charge in [-0.2, -0.15) is 0 Å². The molecule has 0 unspecified atom stereocenters. The number of hydrogen-bond donors (Lipinski definition) is 0. The average Bonchev–Trinajstić information content (AvgIpc) is 2.77. The number of esters is 2. The number of anilines is 2. The molecular weight excluding hydrogens is 402 g/mol. The zero-order chi connectivity index (χ0) is 22.4. The molecule has 0 fully saturated rings. The molecule has 162 valence electrons. The van der Waals surface area contributed by atoms with Crippen LogP contribution in [0.4, 0.5) is 11.4 Å². The number of carbonyl (C=O) groups excluding carboxylic acids is 2. The molecule has 0 aliphatic carbocycles. The molecule has 0 bridgehead atoms. The summed E-state index contributed by atoms with van der Waals surface area (Å²) in [5.74, 6) is -0.250. The first-order valence-corrected chi connectivity index (χ1v) is 9.65. The summed E-state index contributed by atoms with van der Waals surface area (Å²) in [5.41, 5.74) is 1.33. The molecule has 0 N–H and O–H groups in total. The highest BCUT2D eigenvalue weighted by Gasteiger charge is 2.16. The molecule has 0 aliphatic rings. The van der Waals surface area contributed by atoms with Crippen LogP contribution in [0.5, 0.6) is 11.5 Å². The van der Waals surface area contributed by atoms with E-state index in [1.807, 2.05) is 12.1 Å². The van der Waals surface area contributed by atoms with E-state index in [1.54, 1.807) is 42.3 Å². The first kappa shape index (κ1) is 21.9. The first-order valence-electron chi connectivity index (χ1n) is 9.65. The topological polar surface area (TPSA) is 95.3 Å². The highest BCUT2D eigenvalue weighted by Crippen LogP contribution is 2.36. The summed E-state index contributed by atoms with van der Waals surface area (Å²) in [7, 11) is 4.57. The molecule has 1 heterocycles. The van der Waals surface area contributed by atoms with E-state index in [1.165, 1.54) is 20.3 Å². The number of para-hydroxylation sites is 1. The third-order valence-electron chi connectivity index (χ3n) is 4.74. The van der Waals surface area contributed by atoms with Crippen molar-refractivity contribution in [3.63, 3.8) is 0 Å². The number of hydrogen-bond acceptors (Lipinski definition) is 8. The van der Waals surface area contributed by atoms with E-state index in [0.717, 1.165) is 5.39 Å². The zero-order valence-electron chi connectivity index (χ0n) is 17.5. The van der Waals surface area contributed by atoms with Gasteiger partial charge >= 0.3 is 17.6 Å². The van der Waals surface area contributed by atoms with Gasteiger partial charge in [0.15, 0.2) is 11.5 Å². The predicted molar refractivity (Wildman–Crippen MR) is 115 cm³/mol. The third kappa shape index (κ3) is 5.22. The van der Waals surface area contributed by atoms with Gasteiger partial charge in [-0.15, -0.1) is 0 Å². The number of ether oxygens (including phenoxy) is 3. The van der Waals surface area contributed by atoms with Crippen LogP contribution in [0.2, 0.25) is 0 Å².